The van der Waals surface area contributed by atoms with Gasteiger partial charge in [0.05, 0.1) is 22.1 Å². The highest BCUT2D eigenvalue weighted by Crippen LogP contribution is 2.44. The molecule has 5 rings (SSSR count). The van der Waals surface area contributed by atoms with E-state index in [-0.39, 0.29) is 18.4 Å². The first-order valence-electron chi connectivity index (χ1n) is 8.95. The van der Waals surface area contributed by atoms with Crippen LogP contribution in [0.4, 0.5) is 17.1 Å². The van der Waals surface area contributed by atoms with Gasteiger partial charge in [0.2, 0.25) is 6.79 Å². The van der Waals surface area contributed by atoms with E-state index in [0.717, 1.165) is 0 Å². The Kier molecular flexibility index (Phi) is 3.83. The van der Waals surface area contributed by atoms with Crippen molar-refractivity contribution in [2.75, 3.05) is 17.0 Å². The number of amides is 1. The zero-order valence-electron chi connectivity index (χ0n) is 15.1. The molecule has 0 aromatic heterocycles. The summed E-state index contributed by atoms with van der Waals surface area (Å²) in [6.45, 7) is -0.00179. The molecule has 0 saturated heterocycles. The zero-order chi connectivity index (χ0) is 20.0. The van der Waals surface area contributed by atoms with E-state index < -0.39 is 11.1 Å². The second kappa shape index (κ2) is 6.52. The first kappa shape index (κ1) is 17.1. The van der Waals surface area contributed by atoms with Gasteiger partial charge in [0.15, 0.2) is 11.5 Å². The van der Waals surface area contributed by atoms with E-state index in [2.05, 4.69) is 5.32 Å². The average Bonchev–Trinajstić information content (AvgIpc) is 3.21. The van der Waals surface area contributed by atoms with Crippen molar-refractivity contribution in [3.05, 3.63) is 88.0 Å². The molecule has 8 heteroatoms. The average molecular weight is 389 g/mol. The van der Waals surface area contributed by atoms with Gasteiger partial charge >= 0.3 is 0 Å². The molecule has 8 nitrogen and oxygen atoms in total. The van der Waals surface area contributed by atoms with E-state index in [1.54, 1.807) is 36.4 Å². The van der Waals surface area contributed by atoms with Gasteiger partial charge in [0, 0.05) is 11.4 Å². The molecule has 0 spiro atoms. The molecule has 0 bridgehead atoms. The van der Waals surface area contributed by atoms with Crippen LogP contribution < -0.4 is 19.7 Å². The van der Waals surface area contributed by atoms with Crippen LogP contribution in [0.5, 0.6) is 11.5 Å². The fourth-order valence-corrected chi connectivity index (χ4v) is 3.65. The standard InChI is InChI=1S/C21H15N3O5/c25-21-14-8-4-5-9-16(14)22-20(23(21)13-6-2-1-3-7-13)15-10-18-19(29-12-28-18)11-17(15)24(26)27/h1-11,20,22H,12H2. The summed E-state index contributed by atoms with van der Waals surface area (Å²) in [5, 5.41) is 15.1. The number of benzene rings is 3. The van der Waals surface area contributed by atoms with Gasteiger partial charge in [0.25, 0.3) is 11.6 Å². The van der Waals surface area contributed by atoms with E-state index >= 15 is 0 Å². The van der Waals surface area contributed by atoms with E-state index in [9.17, 15) is 14.9 Å². The third-order valence-corrected chi connectivity index (χ3v) is 4.97. The van der Waals surface area contributed by atoms with Crippen molar-refractivity contribution in [3.63, 3.8) is 0 Å². The van der Waals surface area contributed by atoms with Crippen molar-refractivity contribution in [3.8, 4) is 11.5 Å². The van der Waals surface area contributed by atoms with Gasteiger partial charge in [-0.1, -0.05) is 30.3 Å². The third kappa shape index (κ3) is 2.73. The fourth-order valence-electron chi connectivity index (χ4n) is 3.65. The molecule has 2 aliphatic rings. The van der Waals surface area contributed by atoms with Gasteiger partial charge in [0.1, 0.15) is 6.17 Å². The summed E-state index contributed by atoms with van der Waals surface area (Å²) in [4.78, 5) is 26.2. The maximum Gasteiger partial charge on any atom is 0.280 e. The molecule has 1 atom stereocenters. The first-order valence-corrected chi connectivity index (χ1v) is 8.95. The molecule has 0 aliphatic carbocycles. The number of carbonyl (C=O) groups excluding carboxylic acids is 1. The zero-order valence-corrected chi connectivity index (χ0v) is 15.1. The fraction of sp³-hybridized carbons (Fsp3) is 0.0952. The predicted molar refractivity (Wildman–Crippen MR) is 105 cm³/mol. The highest BCUT2D eigenvalue weighted by molar-refractivity contribution is 6.12. The molecule has 144 valence electrons. The second-order valence-electron chi connectivity index (χ2n) is 6.62. The number of nitro groups is 1. The highest BCUT2D eigenvalue weighted by Gasteiger charge is 2.38. The van der Waals surface area contributed by atoms with E-state index in [4.69, 9.17) is 9.47 Å². The SMILES string of the molecule is O=C1c2ccccc2NC(c2cc3c(cc2[N+](=O)[O-])OCO3)N1c1ccccc1. The molecule has 29 heavy (non-hydrogen) atoms. The quantitative estimate of drug-likeness (QED) is 0.536. The maximum atomic E-state index is 13.4. The Morgan fingerprint density at radius 2 is 1.69 bits per heavy atom. The third-order valence-electron chi connectivity index (χ3n) is 4.97. The molecule has 1 N–H and O–H groups in total. The van der Waals surface area contributed by atoms with Crippen LogP contribution in [0.1, 0.15) is 22.1 Å². The van der Waals surface area contributed by atoms with Gasteiger partial charge in [-0.3, -0.25) is 19.8 Å². The molecule has 3 aromatic rings. The molecule has 3 aromatic carbocycles. The Hall–Kier alpha value is -4.07. The summed E-state index contributed by atoms with van der Waals surface area (Å²) in [5.41, 5.74) is 1.89. The smallest absolute Gasteiger partial charge is 0.280 e. The van der Waals surface area contributed by atoms with E-state index in [1.165, 1.54) is 11.0 Å². The predicted octanol–water partition coefficient (Wildman–Crippen LogP) is 4.09. The van der Waals surface area contributed by atoms with Crippen LogP contribution in [-0.4, -0.2) is 17.6 Å². The number of para-hydroxylation sites is 2. The topological polar surface area (TPSA) is 93.9 Å². The normalized spacial score (nSPS) is 16.9. The van der Waals surface area contributed by atoms with Crippen LogP contribution in [0.3, 0.4) is 0 Å². The summed E-state index contributed by atoms with van der Waals surface area (Å²) in [7, 11) is 0. The summed E-state index contributed by atoms with van der Waals surface area (Å²) < 4.78 is 10.7. The van der Waals surface area contributed by atoms with Crippen LogP contribution in [0.15, 0.2) is 66.7 Å². The van der Waals surface area contributed by atoms with Gasteiger partial charge in [-0.2, -0.15) is 0 Å². The summed E-state index contributed by atoms with van der Waals surface area (Å²) in [5.74, 6) is 0.475. The van der Waals surface area contributed by atoms with Crippen molar-refractivity contribution < 1.29 is 19.2 Å². The van der Waals surface area contributed by atoms with Gasteiger partial charge < -0.3 is 14.8 Å². The number of anilines is 2. The number of hydrogen-bond acceptors (Lipinski definition) is 6. The Morgan fingerprint density at radius 1 is 1.00 bits per heavy atom. The lowest BCUT2D eigenvalue weighted by Gasteiger charge is -2.37. The second-order valence-corrected chi connectivity index (χ2v) is 6.62. The Bertz CT molecular complexity index is 1130. The minimum Gasteiger partial charge on any atom is -0.454 e. The molecule has 1 unspecified atom stereocenters. The Morgan fingerprint density at radius 3 is 2.45 bits per heavy atom. The summed E-state index contributed by atoms with van der Waals surface area (Å²) in [6.07, 6.45) is -0.797. The molecular formula is C21H15N3O5. The highest BCUT2D eigenvalue weighted by atomic mass is 16.7. The minimum atomic E-state index is -0.797. The van der Waals surface area contributed by atoms with Crippen LogP contribution >= 0.6 is 0 Å². The number of nitro benzene ring substituents is 1. The Balaban J connectivity index is 1.72. The lowest BCUT2D eigenvalue weighted by Crippen LogP contribution is -2.43. The van der Waals surface area contributed by atoms with Crippen molar-refractivity contribution in [2.24, 2.45) is 0 Å². The molecule has 1 amide bonds. The number of nitrogens with zero attached hydrogens (tertiary/aromatic N) is 2. The van der Waals surface area contributed by atoms with Crippen LogP contribution in [-0.2, 0) is 0 Å². The molecule has 0 radical (unpaired) electrons. The molecule has 0 saturated carbocycles. The van der Waals surface area contributed by atoms with Gasteiger partial charge in [-0.25, -0.2) is 0 Å². The lowest BCUT2D eigenvalue weighted by molar-refractivity contribution is -0.385. The van der Waals surface area contributed by atoms with Crippen LogP contribution in [0, 0.1) is 10.1 Å². The Labute approximate surface area is 165 Å². The largest absolute Gasteiger partial charge is 0.454 e. The number of nitrogens with one attached hydrogen (secondary N) is 1. The van der Waals surface area contributed by atoms with E-state index in [1.807, 2.05) is 24.3 Å². The van der Waals surface area contributed by atoms with Gasteiger partial charge in [-0.05, 0) is 30.3 Å². The summed E-state index contributed by atoms with van der Waals surface area (Å²) in [6, 6.07) is 19.1. The monoisotopic (exact) mass is 389 g/mol. The number of rotatable bonds is 3. The number of hydrogen-bond donors (Lipinski definition) is 1. The molecule has 2 aliphatic heterocycles. The maximum absolute atomic E-state index is 13.4. The molecular weight excluding hydrogens is 374 g/mol. The van der Waals surface area contributed by atoms with E-state index in [0.29, 0.717) is 34.0 Å². The minimum absolute atomic E-state index is 0.00179. The number of fused-ring (bicyclic) bond motifs is 2. The van der Waals surface area contributed by atoms with Crippen molar-refractivity contribution >= 4 is 23.0 Å². The van der Waals surface area contributed by atoms with Crippen molar-refractivity contribution in [1.82, 2.24) is 0 Å². The van der Waals surface area contributed by atoms with Crippen molar-refractivity contribution in [2.45, 2.75) is 6.17 Å². The molecule has 0 fully saturated rings. The van der Waals surface area contributed by atoms with Gasteiger partial charge in [-0.15, -0.1) is 0 Å². The summed E-state index contributed by atoms with van der Waals surface area (Å²) >= 11 is 0. The van der Waals surface area contributed by atoms with Crippen LogP contribution in [0.2, 0.25) is 0 Å². The molecule has 2 heterocycles. The first-order chi connectivity index (χ1) is 14.1. The number of carbonyl (C=O) groups is 1. The number of ether oxygens (including phenoxy) is 2. The lowest BCUT2D eigenvalue weighted by atomic mass is 10.0. The van der Waals surface area contributed by atoms with Crippen LogP contribution in [0.25, 0.3) is 0 Å². The van der Waals surface area contributed by atoms with Crippen molar-refractivity contribution in [1.29, 1.82) is 0 Å².